The number of amides is 2. The van der Waals surface area contributed by atoms with E-state index < -0.39 is 12.0 Å². The van der Waals surface area contributed by atoms with E-state index in [1.165, 1.54) is 29.3 Å². The number of nitrogens with one attached hydrogen (secondary N) is 2. The lowest BCUT2D eigenvalue weighted by Gasteiger charge is -2.10. The van der Waals surface area contributed by atoms with Crippen LogP contribution >= 0.6 is 22.7 Å². The third-order valence-corrected chi connectivity index (χ3v) is 6.36. The second-order valence-corrected chi connectivity index (χ2v) is 8.67. The van der Waals surface area contributed by atoms with Gasteiger partial charge in [-0.1, -0.05) is 12.1 Å². The molecule has 4 rings (SSSR count). The second kappa shape index (κ2) is 10.4. The Morgan fingerprint density at radius 3 is 2.67 bits per heavy atom. The van der Waals surface area contributed by atoms with Crippen molar-refractivity contribution in [1.82, 2.24) is 9.55 Å². The zero-order valence-corrected chi connectivity index (χ0v) is 19.2. The summed E-state index contributed by atoms with van der Waals surface area (Å²) in [6, 6.07) is 10.5. The summed E-state index contributed by atoms with van der Waals surface area (Å²) in [6.07, 6.45) is 0.756. The highest BCUT2D eigenvalue weighted by Gasteiger charge is 2.15. The molecule has 11 heteroatoms. The molecule has 2 N–H and O–H groups in total. The fraction of sp³-hybridized carbons (Fsp3) is 0.182. The van der Waals surface area contributed by atoms with E-state index in [4.69, 9.17) is 9.47 Å². The van der Waals surface area contributed by atoms with Gasteiger partial charge in [-0.15, -0.1) is 22.7 Å². The Morgan fingerprint density at radius 2 is 1.91 bits per heavy atom. The first kappa shape index (κ1) is 22.6. The number of nitrogens with zero attached hydrogens (tertiary/aromatic N) is 2. The number of aromatic nitrogens is 2. The van der Waals surface area contributed by atoms with Gasteiger partial charge in [0.2, 0.25) is 5.91 Å². The van der Waals surface area contributed by atoms with Crippen LogP contribution < -0.4 is 16.2 Å². The van der Waals surface area contributed by atoms with Crippen molar-refractivity contribution in [2.75, 3.05) is 31.0 Å². The molecule has 0 saturated heterocycles. The van der Waals surface area contributed by atoms with Gasteiger partial charge >= 0.3 is 6.09 Å². The lowest BCUT2D eigenvalue weighted by molar-refractivity contribution is -0.116. The number of carbonyl (C=O) groups excluding carboxylic acids is 2. The number of anilines is 2. The molecule has 0 saturated carbocycles. The van der Waals surface area contributed by atoms with Gasteiger partial charge in [-0.25, -0.2) is 9.78 Å². The molecule has 1 aromatic carbocycles. The number of thiophene rings is 2. The standard InChI is InChI=1S/C22H20N4O5S2/c1-30-7-8-31-22(29)25-15-5-2-4-14(10-15)24-18(27)11-26-13-23-20-19(21(26)28)16(12-33-20)17-6-3-9-32-17/h2-6,9-10,12-13H,7-8,11H2,1H3,(H,24,27)(H,25,29). The van der Waals surface area contributed by atoms with Crippen LogP contribution in [0.2, 0.25) is 0 Å². The van der Waals surface area contributed by atoms with Crippen molar-refractivity contribution in [3.8, 4) is 10.4 Å². The Bertz CT molecular complexity index is 1330. The van der Waals surface area contributed by atoms with Crippen LogP contribution in [0.5, 0.6) is 0 Å². The van der Waals surface area contributed by atoms with Gasteiger partial charge in [-0.2, -0.15) is 0 Å². The van der Waals surface area contributed by atoms with Crippen LogP contribution in [0.4, 0.5) is 16.2 Å². The van der Waals surface area contributed by atoms with Gasteiger partial charge in [0, 0.05) is 34.3 Å². The monoisotopic (exact) mass is 484 g/mol. The van der Waals surface area contributed by atoms with Crippen LogP contribution in [0.1, 0.15) is 0 Å². The van der Waals surface area contributed by atoms with Crippen molar-refractivity contribution >= 4 is 56.3 Å². The molecule has 2 amide bonds. The number of fused-ring (bicyclic) bond motifs is 1. The number of hydrogen-bond acceptors (Lipinski definition) is 8. The van der Waals surface area contributed by atoms with Crippen molar-refractivity contribution in [3.05, 3.63) is 63.8 Å². The molecule has 0 radical (unpaired) electrons. The van der Waals surface area contributed by atoms with E-state index in [0.29, 0.717) is 28.2 Å². The number of methoxy groups -OCH3 is 1. The molecule has 3 heterocycles. The van der Waals surface area contributed by atoms with Crippen LogP contribution in [0.3, 0.4) is 0 Å². The minimum atomic E-state index is -0.626. The van der Waals surface area contributed by atoms with Crippen LogP contribution in [0, 0.1) is 0 Å². The van der Waals surface area contributed by atoms with Crippen LogP contribution in [0.25, 0.3) is 20.7 Å². The summed E-state index contributed by atoms with van der Waals surface area (Å²) in [4.78, 5) is 43.4. The molecule has 0 aliphatic rings. The number of ether oxygens (including phenoxy) is 2. The van der Waals surface area contributed by atoms with Crippen molar-refractivity contribution < 1.29 is 19.1 Å². The van der Waals surface area contributed by atoms with Crippen LogP contribution in [-0.2, 0) is 20.8 Å². The van der Waals surface area contributed by atoms with Crippen LogP contribution in [-0.4, -0.2) is 41.9 Å². The first-order chi connectivity index (χ1) is 16.0. The Hall–Kier alpha value is -3.54. The van der Waals surface area contributed by atoms with E-state index >= 15 is 0 Å². The molecule has 9 nitrogen and oxygen atoms in total. The van der Waals surface area contributed by atoms with E-state index in [9.17, 15) is 14.4 Å². The zero-order chi connectivity index (χ0) is 23.2. The topological polar surface area (TPSA) is 112 Å². The Balaban J connectivity index is 1.45. The van der Waals surface area contributed by atoms with E-state index in [0.717, 1.165) is 10.4 Å². The molecule has 0 fully saturated rings. The summed E-state index contributed by atoms with van der Waals surface area (Å²) < 4.78 is 11.1. The first-order valence-electron chi connectivity index (χ1n) is 9.88. The molecule has 33 heavy (non-hydrogen) atoms. The Kier molecular flexibility index (Phi) is 7.13. The van der Waals surface area contributed by atoms with Gasteiger partial charge in [0.05, 0.1) is 18.3 Å². The molecule has 0 spiro atoms. The van der Waals surface area contributed by atoms with Gasteiger partial charge in [0.25, 0.3) is 5.56 Å². The summed E-state index contributed by atoms with van der Waals surface area (Å²) in [7, 11) is 1.51. The van der Waals surface area contributed by atoms with Crippen molar-refractivity contribution in [2.45, 2.75) is 6.54 Å². The smallest absolute Gasteiger partial charge is 0.411 e. The number of carbonyl (C=O) groups is 2. The van der Waals surface area contributed by atoms with Crippen molar-refractivity contribution in [1.29, 1.82) is 0 Å². The van der Waals surface area contributed by atoms with E-state index in [2.05, 4.69) is 15.6 Å². The maximum atomic E-state index is 13.1. The normalized spacial score (nSPS) is 10.8. The summed E-state index contributed by atoms with van der Waals surface area (Å²) >= 11 is 2.94. The third kappa shape index (κ3) is 5.45. The molecule has 170 valence electrons. The maximum Gasteiger partial charge on any atom is 0.411 e. The molecule has 3 aromatic heterocycles. The van der Waals surface area contributed by atoms with Gasteiger partial charge < -0.3 is 14.8 Å². The molecule has 0 unspecified atom stereocenters. The summed E-state index contributed by atoms with van der Waals surface area (Å²) in [6.45, 7) is 0.228. The highest BCUT2D eigenvalue weighted by atomic mass is 32.1. The van der Waals surface area contributed by atoms with E-state index in [1.54, 1.807) is 35.6 Å². The predicted molar refractivity (Wildman–Crippen MR) is 129 cm³/mol. The lowest BCUT2D eigenvalue weighted by atomic mass is 10.2. The average molecular weight is 485 g/mol. The highest BCUT2D eigenvalue weighted by Crippen LogP contribution is 2.33. The number of rotatable bonds is 8. The van der Waals surface area contributed by atoms with Crippen LogP contribution in [0.15, 0.2) is 58.3 Å². The molecule has 0 aliphatic heterocycles. The molecule has 0 atom stereocenters. The summed E-state index contributed by atoms with van der Waals surface area (Å²) in [5.74, 6) is -0.397. The van der Waals surface area contributed by atoms with Gasteiger partial charge in [-0.3, -0.25) is 19.5 Å². The lowest BCUT2D eigenvalue weighted by Crippen LogP contribution is -2.27. The van der Waals surface area contributed by atoms with Gasteiger partial charge in [-0.05, 0) is 29.6 Å². The fourth-order valence-corrected chi connectivity index (χ4v) is 4.82. The molecule has 0 aliphatic carbocycles. The Labute approximate surface area is 196 Å². The number of hydrogen-bond donors (Lipinski definition) is 2. The predicted octanol–water partition coefficient (Wildman–Crippen LogP) is 4.02. The Morgan fingerprint density at radius 1 is 1.09 bits per heavy atom. The minimum absolute atomic E-state index is 0.129. The zero-order valence-electron chi connectivity index (χ0n) is 17.6. The quantitative estimate of drug-likeness (QED) is 0.366. The second-order valence-electron chi connectivity index (χ2n) is 6.87. The maximum absolute atomic E-state index is 13.1. The fourth-order valence-electron chi connectivity index (χ4n) is 3.09. The first-order valence-corrected chi connectivity index (χ1v) is 11.6. The van der Waals surface area contributed by atoms with Crippen molar-refractivity contribution in [2.24, 2.45) is 0 Å². The van der Waals surface area contributed by atoms with Gasteiger partial charge in [0.15, 0.2) is 0 Å². The number of benzene rings is 1. The largest absolute Gasteiger partial charge is 0.447 e. The van der Waals surface area contributed by atoms with Crippen molar-refractivity contribution in [3.63, 3.8) is 0 Å². The van der Waals surface area contributed by atoms with E-state index in [1.807, 2.05) is 22.9 Å². The molecular formula is C22H20N4O5S2. The molecule has 4 aromatic rings. The van der Waals surface area contributed by atoms with Gasteiger partial charge in [0.1, 0.15) is 18.0 Å². The minimum Gasteiger partial charge on any atom is -0.447 e. The summed E-state index contributed by atoms with van der Waals surface area (Å²) in [5, 5.41) is 9.68. The van der Waals surface area contributed by atoms with E-state index in [-0.39, 0.29) is 18.7 Å². The SMILES string of the molecule is COCCOC(=O)Nc1cccc(NC(=O)Cn2cnc3scc(-c4cccs4)c3c2=O)c1. The highest BCUT2D eigenvalue weighted by molar-refractivity contribution is 7.18. The third-order valence-electron chi connectivity index (χ3n) is 4.57. The average Bonchev–Trinajstić information content (AvgIpc) is 3.46. The molecular weight excluding hydrogens is 464 g/mol. The molecule has 0 bridgehead atoms. The summed E-state index contributed by atoms with van der Waals surface area (Å²) in [5.41, 5.74) is 1.48.